The van der Waals surface area contributed by atoms with Gasteiger partial charge in [0.25, 0.3) is 0 Å². The van der Waals surface area contributed by atoms with Gasteiger partial charge in [0.15, 0.2) is 0 Å². The van der Waals surface area contributed by atoms with E-state index in [1.54, 1.807) is 0 Å². The zero-order chi connectivity index (χ0) is 14.9. The van der Waals surface area contributed by atoms with Crippen LogP contribution < -0.4 is 4.90 Å². The van der Waals surface area contributed by atoms with Crippen molar-refractivity contribution >= 4 is 23.4 Å². The first-order valence-corrected chi connectivity index (χ1v) is 7.96. The van der Waals surface area contributed by atoms with E-state index in [1.165, 1.54) is 11.8 Å². The van der Waals surface area contributed by atoms with Crippen molar-refractivity contribution in [2.75, 3.05) is 37.8 Å². The number of hydrogen-bond acceptors (Lipinski definition) is 4. The first-order valence-electron chi connectivity index (χ1n) is 6.73. The molecule has 0 unspecified atom stereocenters. The maximum Gasteiger partial charge on any atom is 0.338 e. The molecule has 2 rings (SSSR count). The van der Waals surface area contributed by atoms with E-state index >= 15 is 0 Å². The number of anilines is 1. The Labute approximate surface area is 124 Å². The summed E-state index contributed by atoms with van der Waals surface area (Å²) in [5, 5.41) is 9.54. The molecular weight excluding hydrogens is 272 g/mol. The quantitative estimate of drug-likeness (QED) is 0.868. The molecule has 0 atom stereocenters. The van der Waals surface area contributed by atoms with Crippen molar-refractivity contribution in [1.29, 1.82) is 0 Å². The van der Waals surface area contributed by atoms with Gasteiger partial charge in [0.05, 0.1) is 11.3 Å². The van der Waals surface area contributed by atoms with Crippen molar-refractivity contribution in [3.63, 3.8) is 0 Å². The highest BCUT2D eigenvalue weighted by Gasteiger charge is 2.32. The molecule has 0 bridgehead atoms. The van der Waals surface area contributed by atoms with E-state index in [9.17, 15) is 9.90 Å². The van der Waals surface area contributed by atoms with Gasteiger partial charge in [-0.25, -0.2) is 4.79 Å². The molecule has 110 valence electrons. The fourth-order valence-corrected chi connectivity index (χ4v) is 3.22. The summed E-state index contributed by atoms with van der Waals surface area (Å²) in [6.45, 7) is 7.02. The number of aromatic carboxylic acids is 1. The number of nitrogens with zero attached hydrogens (tertiary/aromatic N) is 2. The van der Waals surface area contributed by atoms with Crippen LogP contribution in [0, 0.1) is 0 Å². The molecule has 0 amide bonds. The van der Waals surface area contributed by atoms with Gasteiger partial charge in [-0.3, -0.25) is 4.90 Å². The summed E-state index contributed by atoms with van der Waals surface area (Å²) < 4.78 is 0. The van der Waals surface area contributed by atoms with E-state index < -0.39 is 5.97 Å². The molecule has 0 spiro atoms. The van der Waals surface area contributed by atoms with Gasteiger partial charge >= 0.3 is 5.97 Å². The SMILES string of the molecule is CSc1cccc(N2CCN(C)C(C)(C)C2)c1C(=O)O. The average molecular weight is 294 g/mol. The summed E-state index contributed by atoms with van der Waals surface area (Å²) in [6.07, 6.45) is 1.92. The number of hydrogen-bond donors (Lipinski definition) is 1. The minimum Gasteiger partial charge on any atom is -0.478 e. The molecule has 1 aromatic carbocycles. The average Bonchev–Trinajstić information content (AvgIpc) is 2.40. The number of carboxylic acids is 1. The number of rotatable bonds is 3. The number of likely N-dealkylation sites (N-methyl/N-ethyl adjacent to an activating group) is 1. The second kappa shape index (κ2) is 5.66. The lowest BCUT2D eigenvalue weighted by molar-refractivity contribution is 0.0692. The third-order valence-corrected chi connectivity index (χ3v) is 4.88. The van der Waals surface area contributed by atoms with Gasteiger partial charge in [0.2, 0.25) is 0 Å². The van der Waals surface area contributed by atoms with Crippen molar-refractivity contribution in [2.24, 2.45) is 0 Å². The van der Waals surface area contributed by atoms with Gasteiger partial charge in [-0.05, 0) is 39.3 Å². The normalized spacial score (nSPS) is 19.1. The fourth-order valence-electron chi connectivity index (χ4n) is 2.61. The Morgan fingerprint density at radius 3 is 2.60 bits per heavy atom. The van der Waals surface area contributed by atoms with Crippen LogP contribution in [0.5, 0.6) is 0 Å². The first kappa shape index (κ1) is 15.2. The number of thioether (sulfide) groups is 1. The second-order valence-electron chi connectivity index (χ2n) is 5.82. The lowest BCUT2D eigenvalue weighted by Crippen LogP contribution is -2.58. The van der Waals surface area contributed by atoms with Crippen LogP contribution >= 0.6 is 11.8 Å². The number of benzene rings is 1. The van der Waals surface area contributed by atoms with E-state index in [0.717, 1.165) is 30.2 Å². The van der Waals surface area contributed by atoms with Crippen LogP contribution in [0.4, 0.5) is 5.69 Å². The van der Waals surface area contributed by atoms with Crippen LogP contribution in [0.25, 0.3) is 0 Å². The zero-order valence-electron chi connectivity index (χ0n) is 12.5. The number of carbonyl (C=O) groups is 1. The van der Waals surface area contributed by atoms with Crippen molar-refractivity contribution in [3.8, 4) is 0 Å². The predicted molar refractivity (Wildman–Crippen MR) is 84.1 cm³/mol. The Bertz CT molecular complexity index is 517. The highest BCUT2D eigenvalue weighted by molar-refractivity contribution is 7.98. The van der Waals surface area contributed by atoms with E-state index in [-0.39, 0.29) is 5.54 Å². The highest BCUT2D eigenvalue weighted by Crippen LogP contribution is 2.32. The van der Waals surface area contributed by atoms with Gasteiger partial charge in [-0.1, -0.05) is 6.07 Å². The molecule has 1 N–H and O–H groups in total. The molecule has 1 aliphatic rings. The lowest BCUT2D eigenvalue weighted by atomic mass is 9.98. The summed E-state index contributed by atoms with van der Waals surface area (Å²) in [5.74, 6) is -0.846. The van der Waals surface area contributed by atoms with Crippen LogP contribution in [0.1, 0.15) is 24.2 Å². The molecule has 4 nitrogen and oxygen atoms in total. The summed E-state index contributed by atoms with van der Waals surface area (Å²) in [5.41, 5.74) is 1.31. The van der Waals surface area contributed by atoms with Crippen molar-refractivity contribution < 1.29 is 9.90 Å². The maximum atomic E-state index is 11.6. The van der Waals surface area contributed by atoms with Gasteiger partial charge in [-0.2, -0.15) is 0 Å². The fraction of sp³-hybridized carbons (Fsp3) is 0.533. The molecule has 0 radical (unpaired) electrons. The van der Waals surface area contributed by atoms with Crippen LogP contribution in [0.2, 0.25) is 0 Å². The summed E-state index contributed by atoms with van der Waals surface area (Å²) in [7, 11) is 2.12. The Hall–Kier alpha value is -1.20. The van der Waals surface area contributed by atoms with Gasteiger partial charge < -0.3 is 10.0 Å². The van der Waals surface area contributed by atoms with Gasteiger partial charge in [0.1, 0.15) is 0 Å². The Balaban J connectivity index is 2.41. The highest BCUT2D eigenvalue weighted by atomic mass is 32.2. The predicted octanol–water partition coefficient (Wildman–Crippen LogP) is 2.64. The largest absolute Gasteiger partial charge is 0.478 e. The Morgan fingerprint density at radius 1 is 1.35 bits per heavy atom. The van der Waals surface area contributed by atoms with E-state index in [4.69, 9.17) is 0 Å². The number of piperazine rings is 1. The third-order valence-electron chi connectivity index (χ3n) is 4.10. The monoisotopic (exact) mass is 294 g/mol. The van der Waals surface area contributed by atoms with Crippen molar-refractivity contribution in [1.82, 2.24) is 4.90 Å². The summed E-state index contributed by atoms with van der Waals surface area (Å²) in [4.78, 5) is 17.0. The molecule has 0 aliphatic carbocycles. The molecule has 5 heteroatoms. The molecule has 1 saturated heterocycles. The molecule has 1 fully saturated rings. The van der Waals surface area contributed by atoms with E-state index in [1.807, 2.05) is 24.5 Å². The molecule has 1 aliphatic heterocycles. The van der Waals surface area contributed by atoms with Crippen LogP contribution in [-0.4, -0.2) is 54.5 Å². The standard InChI is InChI=1S/C15H22N2O2S/c1-15(2)10-17(9-8-16(15)3)11-6-5-7-12(20-4)13(11)14(18)19/h5-7H,8-10H2,1-4H3,(H,18,19). The first-order chi connectivity index (χ1) is 9.36. The molecular formula is C15H22N2O2S. The summed E-state index contributed by atoms with van der Waals surface area (Å²) >= 11 is 1.48. The molecule has 0 aromatic heterocycles. The Morgan fingerprint density at radius 2 is 2.05 bits per heavy atom. The van der Waals surface area contributed by atoms with Crippen LogP contribution in [-0.2, 0) is 0 Å². The summed E-state index contributed by atoms with van der Waals surface area (Å²) in [6, 6.07) is 5.74. The second-order valence-corrected chi connectivity index (χ2v) is 6.66. The van der Waals surface area contributed by atoms with Crippen LogP contribution in [0.3, 0.4) is 0 Å². The van der Waals surface area contributed by atoms with Gasteiger partial charge in [-0.15, -0.1) is 11.8 Å². The molecule has 1 aromatic rings. The van der Waals surface area contributed by atoms with E-state index in [0.29, 0.717) is 5.56 Å². The molecule has 20 heavy (non-hydrogen) atoms. The minimum atomic E-state index is -0.846. The minimum absolute atomic E-state index is 0.0450. The smallest absolute Gasteiger partial charge is 0.338 e. The van der Waals surface area contributed by atoms with Crippen molar-refractivity contribution in [2.45, 2.75) is 24.3 Å². The molecule has 1 heterocycles. The van der Waals surface area contributed by atoms with Crippen molar-refractivity contribution in [3.05, 3.63) is 23.8 Å². The van der Waals surface area contributed by atoms with Crippen LogP contribution in [0.15, 0.2) is 23.1 Å². The number of carboxylic acid groups (broad SMARTS) is 1. The maximum absolute atomic E-state index is 11.6. The topological polar surface area (TPSA) is 43.8 Å². The zero-order valence-corrected chi connectivity index (χ0v) is 13.3. The third kappa shape index (κ3) is 2.79. The van der Waals surface area contributed by atoms with Gasteiger partial charge in [0, 0.05) is 30.1 Å². The Kier molecular flexibility index (Phi) is 4.30. The lowest BCUT2D eigenvalue weighted by Gasteiger charge is -2.46. The van der Waals surface area contributed by atoms with E-state index in [2.05, 4.69) is 30.7 Å². The molecule has 0 saturated carbocycles.